The summed E-state index contributed by atoms with van der Waals surface area (Å²) >= 11 is 0. The lowest BCUT2D eigenvalue weighted by atomic mass is 10.1. The van der Waals surface area contributed by atoms with E-state index in [4.69, 9.17) is 5.26 Å². The van der Waals surface area contributed by atoms with Crippen molar-refractivity contribution in [3.63, 3.8) is 0 Å². The molecular weight excluding hydrogens is 288 g/mol. The lowest BCUT2D eigenvalue weighted by molar-refractivity contribution is 0.736. The molecule has 0 radical (unpaired) electrons. The van der Waals surface area contributed by atoms with Crippen molar-refractivity contribution in [2.75, 3.05) is 30.9 Å². The molecule has 0 amide bonds. The summed E-state index contributed by atoms with van der Waals surface area (Å²) < 4.78 is 0. The van der Waals surface area contributed by atoms with Crippen molar-refractivity contribution < 1.29 is 0 Å². The standard InChI is InChI=1S/C17H22N6/c1-12(2)15-19-16(22(3)4)21-17(20-15)23(5)11-14-8-6-13(10-18)7-9-14/h6-9,12H,11H2,1-5H3. The molecule has 6 heteroatoms. The van der Waals surface area contributed by atoms with Gasteiger partial charge in [0.2, 0.25) is 11.9 Å². The van der Waals surface area contributed by atoms with Crippen LogP contribution in [0.15, 0.2) is 24.3 Å². The van der Waals surface area contributed by atoms with Crippen molar-refractivity contribution in [3.05, 3.63) is 41.2 Å². The molecule has 23 heavy (non-hydrogen) atoms. The van der Waals surface area contributed by atoms with Crippen LogP contribution < -0.4 is 9.80 Å². The van der Waals surface area contributed by atoms with Gasteiger partial charge in [-0.3, -0.25) is 0 Å². The van der Waals surface area contributed by atoms with Crippen molar-refractivity contribution in [2.45, 2.75) is 26.3 Å². The fourth-order valence-electron chi connectivity index (χ4n) is 2.03. The van der Waals surface area contributed by atoms with Crippen molar-refractivity contribution in [1.29, 1.82) is 5.26 Å². The Hall–Kier alpha value is -2.68. The first-order valence-electron chi connectivity index (χ1n) is 7.54. The molecule has 0 unspecified atom stereocenters. The van der Waals surface area contributed by atoms with Crippen LogP contribution in [0.5, 0.6) is 0 Å². The predicted octanol–water partition coefficient (Wildman–Crippen LogP) is 2.57. The average molecular weight is 310 g/mol. The van der Waals surface area contributed by atoms with E-state index >= 15 is 0 Å². The number of aromatic nitrogens is 3. The van der Waals surface area contributed by atoms with Gasteiger partial charge in [0.1, 0.15) is 5.82 Å². The Labute approximate surface area is 137 Å². The number of nitrogens with zero attached hydrogens (tertiary/aromatic N) is 6. The molecule has 6 nitrogen and oxygen atoms in total. The Bertz CT molecular complexity index is 674. The lowest BCUT2D eigenvalue weighted by Crippen LogP contribution is -2.23. The Kier molecular flexibility index (Phi) is 5.12. The van der Waals surface area contributed by atoms with E-state index in [9.17, 15) is 0 Å². The zero-order valence-corrected chi connectivity index (χ0v) is 14.3. The molecule has 120 valence electrons. The van der Waals surface area contributed by atoms with E-state index in [1.54, 1.807) is 0 Å². The van der Waals surface area contributed by atoms with Crippen LogP contribution >= 0.6 is 0 Å². The highest BCUT2D eigenvalue weighted by atomic mass is 15.3. The Morgan fingerprint density at radius 2 is 1.61 bits per heavy atom. The van der Waals surface area contributed by atoms with E-state index in [1.165, 1.54) is 0 Å². The van der Waals surface area contributed by atoms with Gasteiger partial charge in [0.15, 0.2) is 0 Å². The molecule has 0 aliphatic carbocycles. The second kappa shape index (κ2) is 7.05. The molecule has 2 rings (SSSR count). The van der Waals surface area contributed by atoms with Crippen molar-refractivity contribution >= 4 is 11.9 Å². The van der Waals surface area contributed by atoms with Crippen LogP contribution in [0, 0.1) is 11.3 Å². The Morgan fingerprint density at radius 1 is 1.00 bits per heavy atom. The van der Waals surface area contributed by atoms with E-state index in [0.717, 1.165) is 11.4 Å². The summed E-state index contributed by atoms with van der Waals surface area (Å²) in [7, 11) is 5.80. The third kappa shape index (κ3) is 4.16. The molecular formula is C17H22N6. The number of benzene rings is 1. The van der Waals surface area contributed by atoms with E-state index in [2.05, 4.69) is 34.9 Å². The second-order valence-electron chi connectivity index (χ2n) is 6.01. The fourth-order valence-corrected chi connectivity index (χ4v) is 2.03. The van der Waals surface area contributed by atoms with E-state index in [-0.39, 0.29) is 5.92 Å². The molecule has 2 aromatic rings. The van der Waals surface area contributed by atoms with Gasteiger partial charge in [0.05, 0.1) is 11.6 Å². The topological polar surface area (TPSA) is 68.9 Å². The number of hydrogen-bond acceptors (Lipinski definition) is 6. The molecule has 1 aromatic heterocycles. The summed E-state index contributed by atoms with van der Waals surface area (Å²) in [5.74, 6) is 2.33. The molecule has 0 saturated heterocycles. The first-order valence-corrected chi connectivity index (χ1v) is 7.54. The molecule has 1 heterocycles. The quantitative estimate of drug-likeness (QED) is 0.845. The van der Waals surface area contributed by atoms with Crippen LogP contribution in [0.1, 0.15) is 36.7 Å². The summed E-state index contributed by atoms with van der Waals surface area (Å²) in [6, 6.07) is 9.67. The third-order valence-electron chi connectivity index (χ3n) is 3.39. The molecule has 0 aliphatic heterocycles. The molecule has 0 bridgehead atoms. The van der Waals surface area contributed by atoms with Gasteiger partial charge in [-0.05, 0) is 17.7 Å². The molecule has 0 N–H and O–H groups in total. The van der Waals surface area contributed by atoms with Crippen molar-refractivity contribution in [3.8, 4) is 6.07 Å². The zero-order valence-electron chi connectivity index (χ0n) is 14.3. The molecule has 0 atom stereocenters. The van der Waals surface area contributed by atoms with Gasteiger partial charge in [-0.25, -0.2) is 0 Å². The summed E-state index contributed by atoms with van der Waals surface area (Å²) in [6.07, 6.45) is 0. The number of anilines is 2. The fraction of sp³-hybridized carbons (Fsp3) is 0.412. The minimum absolute atomic E-state index is 0.235. The minimum atomic E-state index is 0.235. The maximum absolute atomic E-state index is 8.86. The normalized spacial score (nSPS) is 10.5. The van der Waals surface area contributed by atoms with Crippen molar-refractivity contribution in [2.24, 2.45) is 0 Å². The first kappa shape index (κ1) is 16.7. The van der Waals surface area contributed by atoms with Crippen LogP contribution in [0.25, 0.3) is 0 Å². The van der Waals surface area contributed by atoms with Crippen LogP contribution in [-0.4, -0.2) is 36.1 Å². The average Bonchev–Trinajstić information content (AvgIpc) is 2.55. The van der Waals surface area contributed by atoms with Crippen LogP contribution in [0.3, 0.4) is 0 Å². The van der Waals surface area contributed by atoms with Gasteiger partial charge < -0.3 is 9.80 Å². The van der Waals surface area contributed by atoms with Gasteiger partial charge in [-0.15, -0.1) is 0 Å². The summed E-state index contributed by atoms with van der Waals surface area (Å²) in [5, 5.41) is 8.86. The Balaban J connectivity index is 2.26. The van der Waals surface area contributed by atoms with E-state index in [1.807, 2.05) is 55.2 Å². The monoisotopic (exact) mass is 310 g/mol. The highest BCUT2D eigenvalue weighted by Crippen LogP contribution is 2.18. The van der Waals surface area contributed by atoms with Crippen LogP contribution in [-0.2, 0) is 6.54 Å². The molecule has 0 spiro atoms. The number of nitriles is 1. The maximum atomic E-state index is 8.86. The highest BCUT2D eigenvalue weighted by Gasteiger charge is 2.14. The third-order valence-corrected chi connectivity index (χ3v) is 3.39. The van der Waals surface area contributed by atoms with Crippen molar-refractivity contribution in [1.82, 2.24) is 15.0 Å². The molecule has 0 saturated carbocycles. The molecule has 0 fully saturated rings. The molecule has 1 aromatic carbocycles. The highest BCUT2D eigenvalue weighted by molar-refractivity contribution is 5.39. The summed E-state index contributed by atoms with van der Waals surface area (Å²) in [6.45, 7) is 4.80. The largest absolute Gasteiger partial charge is 0.347 e. The number of rotatable bonds is 5. The SMILES string of the molecule is CC(C)c1nc(N(C)C)nc(N(C)Cc2ccc(C#N)cc2)n1. The first-order chi connectivity index (χ1) is 10.9. The molecule has 0 aliphatic rings. The van der Waals surface area contributed by atoms with Gasteiger partial charge in [-0.1, -0.05) is 26.0 Å². The van der Waals surface area contributed by atoms with Gasteiger partial charge in [0, 0.05) is 33.6 Å². The van der Waals surface area contributed by atoms with Crippen LogP contribution in [0.2, 0.25) is 0 Å². The predicted molar refractivity (Wildman–Crippen MR) is 91.5 cm³/mol. The van der Waals surface area contributed by atoms with Gasteiger partial charge >= 0.3 is 0 Å². The van der Waals surface area contributed by atoms with E-state index < -0.39 is 0 Å². The summed E-state index contributed by atoms with van der Waals surface area (Å²) in [4.78, 5) is 17.4. The smallest absolute Gasteiger partial charge is 0.230 e. The minimum Gasteiger partial charge on any atom is -0.347 e. The Morgan fingerprint density at radius 3 is 2.13 bits per heavy atom. The second-order valence-corrected chi connectivity index (χ2v) is 6.01. The summed E-state index contributed by atoms with van der Waals surface area (Å²) in [5.41, 5.74) is 1.76. The van der Waals surface area contributed by atoms with Gasteiger partial charge in [-0.2, -0.15) is 20.2 Å². The van der Waals surface area contributed by atoms with Crippen LogP contribution in [0.4, 0.5) is 11.9 Å². The maximum Gasteiger partial charge on any atom is 0.230 e. The zero-order chi connectivity index (χ0) is 17.0. The van der Waals surface area contributed by atoms with Gasteiger partial charge in [0.25, 0.3) is 0 Å². The van der Waals surface area contributed by atoms with E-state index in [0.29, 0.717) is 24.0 Å². The number of hydrogen-bond donors (Lipinski definition) is 0. The lowest BCUT2D eigenvalue weighted by Gasteiger charge is -2.20.